The van der Waals surface area contributed by atoms with Gasteiger partial charge in [0.25, 0.3) is 0 Å². The first kappa shape index (κ1) is 12.6. The molecule has 0 aliphatic rings. The minimum Gasteiger partial charge on any atom is -0.322 e. The van der Waals surface area contributed by atoms with E-state index in [1.54, 1.807) is 19.1 Å². The first-order valence-corrected chi connectivity index (χ1v) is 5.20. The standard InChI is InChI=1S/C10H9Cl2N3O/c1-6(5-13)14-10(16)15-9-4-7(11)2-3-8(9)12/h2-4,6H,1H3,(H2,14,15,16). The van der Waals surface area contributed by atoms with Gasteiger partial charge in [-0.1, -0.05) is 23.2 Å². The van der Waals surface area contributed by atoms with Crippen molar-refractivity contribution in [3.8, 4) is 6.07 Å². The highest BCUT2D eigenvalue weighted by Crippen LogP contribution is 2.25. The lowest BCUT2D eigenvalue weighted by atomic mass is 10.3. The summed E-state index contributed by atoms with van der Waals surface area (Å²) < 4.78 is 0. The van der Waals surface area contributed by atoms with Gasteiger partial charge in [0.2, 0.25) is 0 Å². The number of halogens is 2. The molecular weight excluding hydrogens is 249 g/mol. The fourth-order valence-electron chi connectivity index (χ4n) is 0.981. The summed E-state index contributed by atoms with van der Waals surface area (Å²) >= 11 is 11.6. The van der Waals surface area contributed by atoms with Crippen molar-refractivity contribution in [2.75, 3.05) is 5.32 Å². The largest absolute Gasteiger partial charge is 0.322 e. The number of anilines is 1. The van der Waals surface area contributed by atoms with Crippen LogP contribution in [0.15, 0.2) is 18.2 Å². The molecule has 4 nitrogen and oxygen atoms in total. The molecule has 2 N–H and O–H groups in total. The highest BCUT2D eigenvalue weighted by Gasteiger charge is 2.08. The van der Waals surface area contributed by atoms with Crippen LogP contribution in [0.5, 0.6) is 0 Å². The minimum atomic E-state index is -0.571. The summed E-state index contributed by atoms with van der Waals surface area (Å²) in [7, 11) is 0. The van der Waals surface area contributed by atoms with Gasteiger partial charge in [0, 0.05) is 5.02 Å². The fourth-order valence-corrected chi connectivity index (χ4v) is 1.32. The van der Waals surface area contributed by atoms with Gasteiger partial charge in [0.15, 0.2) is 0 Å². The van der Waals surface area contributed by atoms with E-state index in [1.165, 1.54) is 6.07 Å². The van der Waals surface area contributed by atoms with Crippen molar-refractivity contribution in [3.05, 3.63) is 28.2 Å². The van der Waals surface area contributed by atoms with Crippen LogP contribution in [0.4, 0.5) is 10.5 Å². The molecule has 2 amide bonds. The molecule has 0 bridgehead atoms. The van der Waals surface area contributed by atoms with E-state index in [9.17, 15) is 4.79 Å². The number of benzene rings is 1. The monoisotopic (exact) mass is 257 g/mol. The number of carbonyl (C=O) groups excluding carboxylic acids is 1. The van der Waals surface area contributed by atoms with Crippen molar-refractivity contribution in [1.82, 2.24) is 5.32 Å². The number of nitrogens with zero attached hydrogens (tertiary/aromatic N) is 1. The van der Waals surface area contributed by atoms with Gasteiger partial charge in [-0.3, -0.25) is 0 Å². The molecule has 0 aliphatic carbocycles. The Bertz CT molecular complexity index is 442. The molecular formula is C10H9Cl2N3O. The van der Waals surface area contributed by atoms with E-state index in [0.29, 0.717) is 15.7 Å². The van der Waals surface area contributed by atoms with Gasteiger partial charge < -0.3 is 10.6 Å². The number of hydrogen-bond acceptors (Lipinski definition) is 2. The van der Waals surface area contributed by atoms with Crippen LogP contribution in [0.25, 0.3) is 0 Å². The van der Waals surface area contributed by atoms with Crippen LogP contribution < -0.4 is 10.6 Å². The van der Waals surface area contributed by atoms with Crippen molar-refractivity contribution in [3.63, 3.8) is 0 Å². The van der Waals surface area contributed by atoms with Gasteiger partial charge in [0.05, 0.1) is 16.8 Å². The minimum absolute atomic E-state index is 0.379. The first-order chi connectivity index (χ1) is 7.52. The third-order valence-corrected chi connectivity index (χ3v) is 2.28. The normalized spacial score (nSPS) is 11.4. The number of urea groups is 1. The Morgan fingerprint density at radius 3 is 2.81 bits per heavy atom. The number of nitriles is 1. The molecule has 16 heavy (non-hydrogen) atoms. The summed E-state index contributed by atoms with van der Waals surface area (Å²) in [6.45, 7) is 1.57. The Labute approximate surface area is 103 Å². The third-order valence-electron chi connectivity index (χ3n) is 1.72. The Morgan fingerprint density at radius 2 is 2.19 bits per heavy atom. The SMILES string of the molecule is CC(C#N)NC(=O)Nc1cc(Cl)ccc1Cl. The van der Waals surface area contributed by atoms with Gasteiger partial charge in [-0.2, -0.15) is 5.26 Å². The Kier molecular flexibility index (Phi) is 4.41. The van der Waals surface area contributed by atoms with Crippen LogP contribution in [-0.2, 0) is 0 Å². The average molecular weight is 258 g/mol. The second-order valence-corrected chi connectivity index (χ2v) is 3.92. The molecule has 1 unspecified atom stereocenters. The summed E-state index contributed by atoms with van der Waals surface area (Å²) in [4.78, 5) is 11.4. The van der Waals surface area contributed by atoms with Gasteiger partial charge in [-0.15, -0.1) is 0 Å². The highest BCUT2D eigenvalue weighted by molar-refractivity contribution is 6.35. The topological polar surface area (TPSA) is 64.9 Å². The van der Waals surface area contributed by atoms with E-state index in [-0.39, 0.29) is 0 Å². The van der Waals surface area contributed by atoms with E-state index in [1.807, 2.05) is 6.07 Å². The molecule has 1 atom stereocenters. The first-order valence-electron chi connectivity index (χ1n) is 4.45. The molecule has 0 radical (unpaired) electrons. The van der Waals surface area contributed by atoms with E-state index in [2.05, 4.69) is 10.6 Å². The maximum Gasteiger partial charge on any atom is 0.320 e. The quantitative estimate of drug-likeness (QED) is 0.856. The average Bonchev–Trinajstić information content (AvgIpc) is 2.23. The van der Waals surface area contributed by atoms with Crippen molar-refractivity contribution in [2.45, 2.75) is 13.0 Å². The molecule has 0 heterocycles. The molecule has 0 aliphatic heterocycles. The summed E-state index contributed by atoms with van der Waals surface area (Å²) in [6.07, 6.45) is 0. The molecule has 0 spiro atoms. The predicted molar refractivity (Wildman–Crippen MR) is 63.7 cm³/mol. The van der Waals surface area contributed by atoms with Gasteiger partial charge in [-0.05, 0) is 25.1 Å². The van der Waals surface area contributed by atoms with Crippen molar-refractivity contribution >= 4 is 34.9 Å². The van der Waals surface area contributed by atoms with Crippen molar-refractivity contribution in [2.24, 2.45) is 0 Å². The maximum absolute atomic E-state index is 11.4. The lowest BCUT2D eigenvalue weighted by Crippen LogP contribution is -2.35. The molecule has 0 saturated carbocycles. The summed E-state index contributed by atoms with van der Waals surface area (Å²) in [6, 6.07) is 5.52. The number of hydrogen-bond donors (Lipinski definition) is 2. The van der Waals surface area contributed by atoms with Crippen LogP contribution in [0.1, 0.15) is 6.92 Å². The lowest BCUT2D eigenvalue weighted by molar-refractivity contribution is 0.251. The zero-order chi connectivity index (χ0) is 12.1. The smallest absolute Gasteiger partial charge is 0.320 e. The lowest BCUT2D eigenvalue weighted by Gasteiger charge is -2.10. The zero-order valence-electron chi connectivity index (χ0n) is 8.42. The maximum atomic E-state index is 11.4. The Morgan fingerprint density at radius 1 is 1.50 bits per heavy atom. The third kappa shape index (κ3) is 3.61. The van der Waals surface area contributed by atoms with E-state index in [4.69, 9.17) is 28.5 Å². The second kappa shape index (κ2) is 5.59. The molecule has 6 heteroatoms. The predicted octanol–water partition coefficient (Wildman–Crippen LogP) is 3.03. The molecule has 0 fully saturated rings. The summed E-state index contributed by atoms with van der Waals surface area (Å²) in [5.41, 5.74) is 0.400. The Hall–Kier alpha value is -1.44. The fraction of sp³-hybridized carbons (Fsp3) is 0.200. The molecule has 1 rings (SSSR count). The molecule has 0 aromatic heterocycles. The van der Waals surface area contributed by atoms with Gasteiger partial charge >= 0.3 is 6.03 Å². The van der Waals surface area contributed by atoms with Crippen LogP contribution in [-0.4, -0.2) is 12.1 Å². The zero-order valence-corrected chi connectivity index (χ0v) is 9.93. The number of carbonyl (C=O) groups is 1. The number of rotatable bonds is 2. The van der Waals surface area contributed by atoms with Crippen LogP contribution >= 0.6 is 23.2 Å². The number of nitrogens with one attached hydrogen (secondary N) is 2. The Balaban J connectivity index is 2.70. The van der Waals surface area contributed by atoms with Gasteiger partial charge in [-0.25, -0.2) is 4.79 Å². The van der Waals surface area contributed by atoms with Crippen LogP contribution in [0.3, 0.4) is 0 Å². The molecule has 1 aromatic carbocycles. The summed E-state index contributed by atoms with van der Waals surface area (Å²) in [5, 5.41) is 14.3. The van der Waals surface area contributed by atoms with Crippen molar-refractivity contribution in [1.29, 1.82) is 5.26 Å². The van der Waals surface area contributed by atoms with E-state index in [0.717, 1.165) is 0 Å². The second-order valence-electron chi connectivity index (χ2n) is 3.07. The molecule has 0 saturated heterocycles. The molecule has 84 valence electrons. The van der Waals surface area contributed by atoms with Crippen LogP contribution in [0.2, 0.25) is 10.0 Å². The van der Waals surface area contributed by atoms with Crippen LogP contribution in [0, 0.1) is 11.3 Å². The molecule has 1 aromatic rings. The van der Waals surface area contributed by atoms with E-state index < -0.39 is 12.1 Å². The summed E-state index contributed by atoms with van der Waals surface area (Å²) in [5.74, 6) is 0. The number of amides is 2. The van der Waals surface area contributed by atoms with Crippen molar-refractivity contribution < 1.29 is 4.79 Å². The van der Waals surface area contributed by atoms with E-state index >= 15 is 0 Å². The highest BCUT2D eigenvalue weighted by atomic mass is 35.5. The van der Waals surface area contributed by atoms with Gasteiger partial charge in [0.1, 0.15) is 6.04 Å².